The van der Waals surface area contributed by atoms with Gasteiger partial charge in [0.25, 0.3) is 5.91 Å². The molecule has 0 radical (unpaired) electrons. The summed E-state index contributed by atoms with van der Waals surface area (Å²) in [5, 5.41) is 18.4. The lowest BCUT2D eigenvalue weighted by atomic mass is 9.85. The highest BCUT2D eigenvalue weighted by molar-refractivity contribution is 7.91. The lowest BCUT2D eigenvalue weighted by Crippen LogP contribution is -2.58. The fourth-order valence-electron chi connectivity index (χ4n) is 6.94. The molecule has 2 aliphatic carbocycles. The van der Waals surface area contributed by atoms with Crippen molar-refractivity contribution in [2.24, 2.45) is 11.3 Å². The number of hydrogen-bond acceptors (Lipinski definition) is 11. The molecular weight excluding hydrogens is 809 g/mol. The summed E-state index contributed by atoms with van der Waals surface area (Å²) in [4.78, 5) is 52.6. The van der Waals surface area contributed by atoms with Crippen molar-refractivity contribution in [1.29, 1.82) is 0 Å². The van der Waals surface area contributed by atoms with Crippen LogP contribution in [0.5, 0.6) is 11.6 Å². The van der Waals surface area contributed by atoms with Gasteiger partial charge in [-0.15, -0.1) is 17.9 Å². The fourth-order valence-corrected chi connectivity index (χ4v) is 9.22. The molecular formula is C38H38ClF3N6O7S2. The van der Waals surface area contributed by atoms with Crippen LogP contribution in [0.2, 0.25) is 5.02 Å². The Morgan fingerprint density at radius 2 is 1.84 bits per heavy atom. The predicted octanol–water partition coefficient (Wildman–Crippen LogP) is 5.68. The van der Waals surface area contributed by atoms with Gasteiger partial charge in [0.15, 0.2) is 22.6 Å². The zero-order valence-corrected chi connectivity index (χ0v) is 33.2. The molecule has 3 heterocycles. The monoisotopic (exact) mass is 846 g/mol. The lowest BCUT2D eigenvalue weighted by molar-refractivity contribution is -0.141. The molecule has 57 heavy (non-hydrogen) atoms. The van der Waals surface area contributed by atoms with Crippen molar-refractivity contribution in [3.05, 3.63) is 77.0 Å². The Morgan fingerprint density at radius 1 is 1.14 bits per heavy atom. The van der Waals surface area contributed by atoms with Crippen molar-refractivity contribution in [2.45, 2.75) is 75.4 Å². The molecule has 3 aliphatic rings. The molecule has 19 heteroatoms. The van der Waals surface area contributed by atoms with Crippen molar-refractivity contribution in [3.63, 3.8) is 0 Å². The summed E-state index contributed by atoms with van der Waals surface area (Å²) in [6.45, 7) is 8.92. The molecule has 2 aromatic carbocycles. The number of benzene rings is 2. The van der Waals surface area contributed by atoms with E-state index in [1.54, 1.807) is 39.0 Å². The van der Waals surface area contributed by atoms with Crippen LogP contribution in [0.15, 0.2) is 54.6 Å². The second-order valence-corrected chi connectivity index (χ2v) is 18.8. The number of rotatable bonds is 12. The van der Waals surface area contributed by atoms with E-state index in [1.807, 2.05) is 0 Å². The van der Waals surface area contributed by atoms with Gasteiger partial charge >= 0.3 is 0 Å². The molecule has 1 saturated heterocycles. The van der Waals surface area contributed by atoms with Gasteiger partial charge in [-0.25, -0.2) is 31.6 Å². The number of nitrogens with zero attached hydrogens (tertiary/aromatic N) is 3. The minimum absolute atomic E-state index is 0.0249. The molecule has 5 atom stereocenters. The van der Waals surface area contributed by atoms with Crippen molar-refractivity contribution in [3.8, 4) is 22.9 Å². The number of sulfonamides is 1. The van der Waals surface area contributed by atoms with Crippen LogP contribution >= 0.6 is 22.9 Å². The number of carbonyl (C=O) groups is 3. The highest BCUT2D eigenvalue weighted by Gasteiger charge is 2.62. The predicted molar refractivity (Wildman–Crippen MR) is 207 cm³/mol. The molecule has 0 spiro atoms. The first-order valence-electron chi connectivity index (χ1n) is 17.9. The largest absolute Gasteiger partial charge is 0.506 e. The van der Waals surface area contributed by atoms with Crippen molar-refractivity contribution in [1.82, 2.24) is 24.9 Å². The molecule has 3 fully saturated rings. The number of halogens is 4. The van der Waals surface area contributed by atoms with Gasteiger partial charge in [-0.05, 0) is 55.0 Å². The fraction of sp³-hybridized carbons (Fsp3) is 0.395. The average Bonchev–Trinajstić information content (AvgIpc) is 4.03. The summed E-state index contributed by atoms with van der Waals surface area (Å²) in [7, 11) is -3.96. The van der Waals surface area contributed by atoms with Crippen LogP contribution in [0, 0.1) is 28.8 Å². The van der Waals surface area contributed by atoms with Gasteiger partial charge in [0.05, 0.1) is 23.7 Å². The third-order valence-corrected chi connectivity index (χ3v) is 13.2. The third kappa shape index (κ3) is 7.98. The van der Waals surface area contributed by atoms with E-state index in [4.69, 9.17) is 16.3 Å². The second kappa shape index (κ2) is 14.8. The minimum Gasteiger partial charge on any atom is -0.506 e. The first-order chi connectivity index (χ1) is 26.8. The number of hydrogen-bond donors (Lipinski definition) is 4. The first-order valence-corrected chi connectivity index (χ1v) is 20.7. The summed E-state index contributed by atoms with van der Waals surface area (Å²) in [5.41, 5.74) is -2.37. The Balaban J connectivity index is 1.19. The van der Waals surface area contributed by atoms with Crippen LogP contribution in [-0.2, 0) is 24.4 Å². The Labute approximate surface area is 334 Å². The van der Waals surface area contributed by atoms with Crippen LogP contribution in [0.4, 0.5) is 18.3 Å². The zero-order valence-electron chi connectivity index (χ0n) is 30.8. The van der Waals surface area contributed by atoms with Crippen LogP contribution in [-0.4, -0.2) is 81.6 Å². The number of carbonyl (C=O) groups excluding carboxylic acids is 3. The Bertz CT molecular complexity index is 2400. The van der Waals surface area contributed by atoms with E-state index in [0.717, 1.165) is 23.5 Å². The molecule has 4 aromatic rings. The van der Waals surface area contributed by atoms with Crippen molar-refractivity contribution < 1.29 is 45.8 Å². The normalized spacial score (nSPS) is 22.5. The first kappa shape index (κ1) is 40.3. The Kier molecular flexibility index (Phi) is 10.4. The highest BCUT2D eigenvalue weighted by Crippen LogP contribution is 2.46. The maximum absolute atomic E-state index is 14.7. The summed E-state index contributed by atoms with van der Waals surface area (Å²) >= 11 is 7.29. The van der Waals surface area contributed by atoms with E-state index in [2.05, 4.69) is 31.9 Å². The smallest absolute Gasteiger partial charge is 0.259 e. The zero-order chi connectivity index (χ0) is 41.2. The van der Waals surface area contributed by atoms with Gasteiger partial charge < -0.3 is 25.4 Å². The van der Waals surface area contributed by atoms with Gasteiger partial charge in [-0.3, -0.25) is 19.1 Å². The quantitative estimate of drug-likeness (QED) is 0.102. The van der Waals surface area contributed by atoms with Crippen LogP contribution in [0.3, 0.4) is 0 Å². The van der Waals surface area contributed by atoms with E-state index in [0.29, 0.717) is 28.6 Å². The summed E-state index contributed by atoms with van der Waals surface area (Å²) < 4.78 is 75.6. The molecule has 0 bridgehead atoms. The molecule has 1 aliphatic heterocycles. The third-order valence-electron chi connectivity index (χ3n) is 10.3. The number of nitrogens with one attached hydrogen (secondary N) is 3. The van der Waals surface area contributed by atoms with Gasteiger partial charge in [0, 0.05) is 39.1 Å². The van der Waals surface area contributed by atoms with Crippen molar-refractivity contribution >= 4 is 66.6 Å². The van der Waals surface area contributed by atoms with Gasteiger partial charge in [0.2, 0.25) is 27.7 Å². The van der Waals surface area contributed by atoms with Gasteiger partial charge in [-0.2, -0.15) is 0 Å². The summed E-state index contributed by atoms with van der Waals surface area (Å²) in [5.74, 6) is -7.24. The number of aromatic hydroxyl groups is 1. The average molecular weight is 847 g/mol. The van der Waals surface area contributed by atoms with Crippen LogP contribution in [0.1, 0.15) is 46.5 Å². The maximum Gasteiger partial charge on any atom is 0.259 e. The van der Waals surface area contributed by atoms with Gasteiger partial charge in [-0.1, -0.05) is 38.4 Å². The lowest BCUT2D eigenvalue weighted by Gasteiger charge is -2.35. The number of thiazole rings is 1. The molecule has 302 valence electrons. The molecule has 13 nitrogen and oxygen atoms in total. The molecule has 2 aromatic heterocycles. The molecule has 3 amide bonds. The second-order valence-electron chi connectivity index (χ2n) is 15.5. The van der Waals surface area contributed by atoms with E-state index in [-0.39, 0.29) is 47.4 Å². The summed E-state index contributed by atoms with van der Waals surface area (Å²) in [6.07, 6.45) is 2.63. The highest BCUT2D eigenvalue weighted by atomic mass is 35.5. The molecule has 4 N–H and O–H groups in total. The number of pyridine rings is 1. The van der Waals surface area contributed by atoms with E-state index in [9.17, 15) is 41.1 Å². The molecule has 0 unspecified atom stereocenters. The number of anilines is 1. The topological polar surface area (TPSA) is 180 Å². The SMILES string of the molecule is C=C[C@@H]1C[C@]1(NC(=O)[C@@H]1C[C@@H](Oc2ncc(O)c3ccc(Cl)cc23)CN1C(=O)[C@@H](Nc1nc(-c2cc(F)c(F)c(F)c2)cs1)C(C)(C)C)C(=O)NS(=O)(=O)C1CC1. The van der Waals surface area contributed by atoms with Crippen molar-refractivity contribution in [2.75, 3.05) is 11.9 Å². The standard InChI is InChI=1S/C38H38ClF3N6O7S2/c1-5-19-14-38(19,35(52)47-57(53,54)22-7-8-22)46-32(50)28-13-21(55-33-24-12-20(39)6-9-23(24)29(49)15-43-33)16-48(28)34(51)31(37(2,3)4)45-36-44-27(17-56-36)18-10-25(40)30(42)26(41)11-18/h5-6,9-12,15,17,19,21-22,28,31,49H,1,7-8,13-14,16H2,2-4H3,(H,44,45)(H,46,50)(H,47,52)/t19-,21-,28+,31-,38-/m1/s1. The number of fused-ring (bicyclic) bond motifs is 1. The number of likely N-dealkylation sites (tertiary alicyclic amines) is 1. The minimum atomic E-state index is -3.96. The number of ether oxygens (including phenoxy) is 1. The Morgan fingerprint density at radius 3 is 2.47 bits per heavy atom. The van der Waals surface area contributed by atoms with Crippen LogP contribution in [0.25, 0.3) is 22.0 Å². The molecule has 7 rings (SSSR count). The van der Waals surface area contributed by atoms with E-state index < -0.39 is 85.5 Å². The molecule has 2 saturated carbocycles. The van der Waals surface area contributed by atoms with Gasteiger partial charge in [0.1, 0.15) is 29.5 Å². The number of amides is 3. The van der Waals surface area contributed by atoms with E-state index in [1.165, 1.54) is 22.6 Å². The summed E-state index contributed by atoms with van der Waals surface area (Å²) in [6, 6.07) is 4.04. The van der Waals surface area contributed by atoms with E-state index >= 15 is 0 Å². The Hall–Kier alpha value is -4.94. The van der Waals surface area contributed by atoms with Crippen LogP contribution < -0.4 is 20.1 Å². The maximum atomic E-state index is 14.7. The number of aromatic nitrogens is 2.